The molecule has 0 saturated carbocycles. The van der Waals surface area contributed by atoms with Gasteiger partial charge in [-0.3, -0.25) is 0 Å². The lowest BCUT2D eigenvalue weighted by Gasteiger charge is -1.89. The van der Waals surface area contributed by atoms with Crippen LogP contribution in [0.25, 0.3) is 0 Å². The molecular formula is C6H6NO6S. The van der Waals surface area contributed by atoms with Gasteiger partial charge in [-0.2, -0.15) is 8.42 Å². The normalized spacial score (nSPS) is 9.79. The van der Waals surface area contributed by atoms with Crippen molar-refractivity contribution >= 4 is 10.1 Å². The molecule has 0 bridgehead atoms. The summed E-state index contributed by atoms with van der Waals surface area (Å²) in [6, 6.07) is 7.19. The van der Waals surface area contributed by atoms with Crippen LogP contribution in [-0.4, -0.2) is 18.7 Å². The molecule has 7 nitrogen and oxygen atoms in total. The van der Waals surface area contributed by atoms with Gasteiger partial charge in [0.05, 0.1) is 4.90 Å². The molecule has 0 heterocycles. The van der Waals surface area contributed by atoms with Crippen LogP contribution in [0.5, 0.6) is 0 Å². The summed E-state index contributed by atoms with van der Waals surface area (Å²) in [6.45, 7) is 0. The van der Waals surface area contributed by atoms with Gasteiger partial charge in [0.15, 0.2) is 0 Å². The number of rotatable bonds is 1. The van der Waals surface area contributed by atoms with E-state index in [2.05, 4.69) is 0 Å². The van der Waals surface area contributed by atoms with Crippen molar-refractivity contribution < 1.29 is 23.3 Å². The van der Waals surface area contributed by atoms with Gasteiger partial charge in [0, 0.05) is 0 Å². The first kappa shape index (κ1) is 12.3. The van der Waals surface area contributed by atoms with Crippen LogP contribution in [0.1, 0.15) is 0 Å². The molecule has 1 radical (unpaired) electrons. The lowest BCUT2D eigenvalue weighted by Crippen LogP contribution is -1.94. The van der Waals surface area contributed by atoms with Crippen molar-refractivity contribution in [1.29, 1.82) is 0 Å². The average molecular weight is 220 g/mol. The van der Waals surface area contributed by atoms with E-state index >= 15 is 0 Å². The summed E-state index contributed by atoms with van der Waals surface area (Å²) in [7, 11) is -4.25. The van der Waals surface area contributed by atoms with Gasteiger partial charge in [0.25, 0.3) is 5.09 Å². The van der Waals surface area contributed by atoms with Gasteiger partial charge >= 0.3 is 10.1 Å². The smallest absolute Gasteiger partial charge is 0.324 e. The number of hydrogen-bond donors (Lipinski definition) is 1. The third kappa shape index (κ3) is 5.91. The zero-order valence-corrected chi connectivity index (χ0v) is 7.55. The van der Waals surface area contributed by atoms with E-state index < -0.39 is 15.2 Å². The standard InChI is InChI=1S/C6H5O3S.HNO3/c7-10(8,9)6-4-2-1-3-5-6;2-1(3)4/h1-5H;(H,2,3,4). The minimum atomic E-state index is -4.25. The molecule has 1 N–H and O–H groups in total. The third-order valence-electron chi connectivity index (χ3n) is 1.03. The van der Waals surface area contributed by atoms with Gasteiger partial charge in [0.2, 0.25) is 0 Å². The molecule has 0 spiro atoms. The highest BCUT2D eigenvalue weighted by atomic mass is 32.2. The summed E-state index contributed by atoms with van der Waals surface area (Å²) in [5.74, 6) is 0. The average Bonchev–Trinajstić information content (AvgIpc) is 2.03. The minimum absolute atomic E-state index is 0.185. The maximum atomic E-state index is 10.3. The Hall–Kier alpha value is -1.67. The first-order valence-corrected chi connectivity index (χ1v) is 4.59. The molecule has 0 amide bonds. The Balaban J connectivity index is 0.000000364. The maximum absolute atomic E-state index is 10.3. The molecule has 0 fully saturated rings. The highest BCUT2D eigenvalue weighted by molar-refractivity contribution is 7.85. The van der Waals surface area contributed by atoms with E-state index in [1.807, 2.05) is 0 Å². The molecule has 8 heteroatoms. The fourth-order valence-electron chi connectivity index (χ4n) is 0.587. The Labute approximate surface area is 79.5 Å². The van der Waals surface area contributed by atoms with E-state index in [1.54, 1.807) is 6.07 Å². The molecule has 0 aromatic heterocycles. The molecule has 0 saturated heterocycles. The van der Waals surface area contributed by atoms with Gasteiger partial charge in [-0.1, -0.05) is 22.8 Å². The lowest BCUT2D eigenvalue weighted by molar-refractivity contribution is -0.742. The van der Waals surface area contributed by atoms with Crippen LogP contribution in [0.3, 0.4) is 0 Å². The fourth-order valence-corrected chi connectivity index (χ4v) is 1.08. The zero-order chi connectivity index (χ0) is 11.2. The van der Waals surface area contributed by atoms with Crippen molar-refractivity contribution in [2.75, 3.05) is 0 Å². The molecule has 1 rings (SSSR count). The van der Waals surface area contributed by atoms with Crippen LogP contribution in [-0.2, 0) is 14.7 Å². The number of hydrogen-bond acceptors (Lipinski definition) is 4. The first-order valence-electron chi connectivity index (χ1n) is 3.18. The van der Waals surface area contributed by atoms with Crippen LogP contribution in [0.15, 0.2) is 35.2 Å². The zero-order valence-electron chi connectivity index (χ0n) is 6.73. The van der Waals surface area contributed by atoms with Crippen molar-refractivity contribution in [2.45, 2.75) is 4.90 Å². The SMILES string of the molecule is O=[N+]([O-])O.[O]S(=O)(=O)c1ccccc1. The second kappa shape index (κ2) is 5.14. The Morgan fingerprint density at radius 3 is 1.79 bits per heavy atom. The summed E-state index contributed by atoms with van der Waals surface area (Å²) in [5.41, 5.74) is 0. The van der Waals surface area contributed by atoms with Gasteiger partial charge < -0.3 is 5.21 Å². The third-order valence-corrected chi connectivity index (χ3v) is 1.88. The van der Waals surface area contributed by atoms with Crippen LogP contribution in [0.2, 0.25) is 0 Å². The van der Waals surface area contributed by atoms with E-state index in [-0.39, 0.29) is 4.90 Å². The van der Waals surface area contributed by atoms with Crippen LogP contribution < -0.4 is 0 Å². The van der Waals surface area contributed by atoms with Crippen molar-refractivity contribution in [3.63, 3.8) is 0 Å². The number of benzene rings is 1. The van der Waals surface area contributed by atoms with Crippen molar-refractivity contribution in [3.05, 3.63) is 40.4 Å². The number of nitrogens with zero attached hydrogens (tertiary/aromatic N) is 1. The molecule has 0 aliphatic carbocycles. The molecule has 0 unspecified atom stereocenters. The van der Waals surface area contributed by atoms with Gasteiger partial charge in [-0.05, 0) is 12.1 Å². The fraction of sp³-hybridized carbons (Fsp3) is 0. The molecule has 77 valence electrons. The van der Waals surface area contributed by atoms with Crippen molar-refractivity contribution in [1.82, 2.24) is 0 Å². The first-order chi connectivity index (χ1) is 6.34. The van der Waals surface area contributed by atoms with Crippen LogP contribution in [0, 0.1) is 10.1 Å². The minimum Gasteiger partial charge on any atom is -0.328 e. The van der Waals surface area contributed by atoms with E-state index in [1.165, 1.54) is 24.3 Å². The van der Waals surface area contributed by atoms with E-state index in [0.717, 1.165) is 0 Å². The van der Waals surface area contributed by atoms with E-state index in [9.17, 15) is 13.0 Å². The Morgan fingerprint density at radius 1 is 1.21 bits per heavy atom. The van der Waals surface area contributed by atoms with E-state index in [4.69, 9.17) is 15.3 Å². The van der Waals surface area contributed by atoms with Gasteiger partial charge in [-0.15, -0.1) is 10.1 Å². The Kier molecular flexibility index (Phi) is 4.53. The van der Waals surface area contributed by atoms with Crippen LogP contribution in [0.4, 0.5) is 0 Å². The van der Waals surface area contributed by atoms with Gasteiger partial charge in [0.1, 0.15) is 0 Å². The topological polar surface area (TPSA) is 117 Å². The molecule has 0 aliphatic rings. The summed E-state index contributed by atoms with van der Waals surface area (Å²) in [4.78, 5) is 8.18. The van der Waals surface area contributed by atoms with Crippen molar-refractivity contribution in [3.8, 4) is 0 Å². The monoisotopic (exact) mass is 220 g/mol. The molecule has 0 atom stereocenters. The highest BCUT2D eigenvalue weighted by Crippen LogP contribution is 2.05. The molecule has 1 aromatic carbocycles. The quantitative estimate of drug-likeness (QED) is 0.544. The lowest BCUT2D eigenvalue weighted by atomic mass is 10.4. The predicted octanol–water partition coefficient (Wildman–Crippen LogP) is 0.458. The second-order valence-electron chi connectivity index (χ2n) is 2.01. The molecule has 1 aromatic rings. The Morgan fingerprint density at radius 2 is 1.57 bits per heavy atom. The second-order valence-corrected chi connectivity index (χ2v) is 3.38. The summed E-state index contributed by atoms with van der Waals surface area (Å²) >= 11 is 0. The summed E-state index contributed by atoms with van der Waals surface area (Å²) in [5, 5.41) is 13.6. The van der Waals surface area contributed by atoms with Crippen LogP contribution >= 0.6 is 0 Å². The molecule has 14 heavy (non-hydrogen) atoms. The van der Waals surface area contributed by atoms with E-state index in [0.29, 0.717) is 0 Å². The summed E-state index contributed by atoms with van der Waals surface area (Å²) in [6.07, 6.45) is 0. The predicted molar refractivity (Wildman–Crippen MR) is 43.1 cm³/mol. The van der Waals surface area contributed by atoms with Crippen molar-refractivity contribution in [2.24, 2.45) is 0 Å². The largest absolute Gasteiger partial charge is 0.328 e. The highest BCUT2D eigenvalue weighted by Gasteiger charge is 2.08. The molecular weight excluding hydrogens is 214 g/mol. The Bertz CT molecular complexity index is 382. The molecule has 0 aliphatic heterocycles. The summed E-state index contributed by atoms with van der Waals surface area (Å²) < 4.78 is 30.8. The maximum Gasteiger partial charge on any atom is 0.324 e. The van der Waals surface area contributed by atoms with Gasteiger partial charge in [-0.25, -0.2) is 0 Å².